The molecule has 7 nitrogen and oxygen atoms in total. The van der Waals surface area contributed by atoms with E-state index in [4.69, 9.17) is 5.11 Å². The summed E-state index contributed by atoms with van der Waals surface area (Å²) in [7, 11) is 2.01. The number of carboxylic acid groups (broad SMARTS) is 1. The van der Waals surface area contributed by atoms with E-state index < -0.39 is 24.1 Å². The Morgan fingerprint density at radius 2 is 1.95 bits per heavy atom. The molecular formula is C12H23N3O4. The summed E-state index contributed by atoms with van der Waals surface area (Å²) in [6.45, 7) is 3.76. The average Bonchev–Trinajstić information content (AvgIpc) is 3.15. The molecule has 0 heterocycles. The number of aliphatic hydroxyl groups is 1. The quantitative estimate of drug-likeness (QED) is 0.505. The van der Waals surface area contributed by atoms with Crippen molar-refractivity contribution in [1.29, 1.82) is 0 Å². The van der Waals surface area contributed by atoms with Crippen molar-refractivity contribution in [3.8, 4) is 0 Å². The molecule has 0 aliphatic heterocycles. The van der Waals surface area contributed by atoms with E-state index in [1.54, 1.807) is 0 Å². The summed E-state index contributed by atoms with van der Waals surface area (Å²) < 4.78 is 0. The van der Waals surface area contributed by atoms with Crippen LogP contribution < -0.4 is 10.6 Å². The number of amides is 2. The summed E-state index contributed by atoms with van der Waals surface area (Å²) in [4.78, 5) is 24.6. The van der Waals surface area contributed by atoms with Crippen molar-refractivity contribution in [1.82, 2.24) is 15.5 Å². The zero-order valence-corrected chi connectivity index (χ0v) is 11.6. The number of rotatable bonds is 7. The van der Waals surface area contributed by atoms with Crippen LogP contribution in [0.25, 0.3) is 0 Å². The molecule has 0 aromatic carbocycles. The minimum Gasteiger partial charge on any atom is -0.480 e. The lowest BCUT2D eigenvalue weighted by Gasteiger charge is -2.25. The Kier molecular flexibility index (Phi) is 5.56. The SMILES string of the molecule is CC(O)C(NC(=O)NCC(C)N(C)C1CC1)C(=O)O. The Morgan fingerprint density at radius 1 is 1.37 bits per heavy atom. The van der Waals surface area contributed by atoms with Crippen molar-refractivity contribution in [3.05, 3.63) is 0 Å². The molecule has 0 bridgehead atoms. The number of nitrogens with zero attached hydrogens (tertiary/aromatic N) is 1. The number of aliphatic carboxylic acids is 1. The lowest BCUT2D eigenvalue weighted by Crippen LogP contribution is -2.53. The molecule has 1 fully saturated rings. The standard InChI is InChI=1S/C12H23N3O4/c1-7(15(3)9-4-5-9)6-13-12(19)14-10(8(2)16)11(17)18/h7-10,16H,4-6H2,1-3H3,(H,17,18)(H2,13,14,19). The number of aliphatic hydroxyl groups excluding tert-OH is 1. The van der Waals surface area contributed by atoms with Gasteiger partial charge in [-0.2, -0.15) is 0 Å². The van der Waals surface area contributed by atoms with Crippen molar-refractivity contribution in [2.75, 3.05) is 13.6 Å². The highest BCUT2D eigenvalue weighted by atomic mass is 16.4. The number of carbonyl (C=O) groups excluding carboxylic acids is 1. The van der Waals surface area contributed by atoms with Crippen LogP contribution in [0.3, 0.4) is 0 Å². The van der Waals surface area contributed by atoms with Crippen molar-refractivity contribution in [2.24, 2.45) is 0 Å². The molecule has 0 aromatic heterocycles. The Balaban J connectivity index is 2.31. The van der Waals surface area contributed by atoms with Crippen LogP contribution in [0.2, 0.25) is 0 Å². The highest BCUT2D eigenvalue weighted by Crippen LogP contribution is 2.26. The Hall–Kier alpha value is -1.34. The molecule has 0 radical (unpaired) electrons. The molecule has 0 spiro atoms. The van der Waals surface area contributed by atoms with Gasteiger partial charge < -0.3 is 20.8 Å². The highest BCUT2D eigenvalue weighted by molar-refractivity contribution is 5.82. The summed E-state index contributed by atoms with van der Waals surface area (Å²) in [6, 6.07) is -1.09. The number of nitrogens with one attached hydrogen (secondary N) is 2. The second kappa shape index (κ2) is 6.72. The molecule has 19 heavy (non-hydrogen) atoms. The van der Waals surface area contributed by atoms with Crippen LogP contribution >= 0.6 is 0 Å². The third-order valence-corrected chi connectivity index (χ3v) is 3.41. The number of hydrogen-bond acceptors (Lipinski definition) is 4. The number of hydrogen-bond donors (Lipinski definition) is 4. The molecule has 7 heteroatoms. The molecule has 1 aliphatic carbocycles. The summed E-state index contributed by atoms with van der Waals surface area (Å²) >= 11 is 0. The van der Waals surface area contributed by atoms with Crippen LogP contribution in [0.1, 0.15) is 26.7 Å². The first-order valence-electron chi connectivity index (χ1n) is 6.50. The molecule has 2 amide bonds. The summed E-state index contributed by atoms with van der Waals surface area (Å²) in [5.74, 6) is -1.26. The summed E-state index contributed by atoms with van der Waals surface area (Å²) in [5, 5.41) is 22.9. The van der Waals surface area contributed by atoms with E-state index in [-0.39, 0.29) is 6.04 Å². The van der Waals surface area contributed by atoms with Crippen LogP contribution in [0.15, 0.2) is 0 Å². The fraction of sp³-hybridized carbons (Fsp3) is 0.833. The van der Waals surface area contributed by atoms with E-state index in [9.17, 15) is 14.7 Å². The second-order valence-corrected chi connectivity index (χ2v) is 5.16. The molecular weight excluding hydrogens is 250 g/mol. The monoisotopic (exact) mass is 273 g/mol. The molecule has 1 saturated carbocycles. The number of likely N-dealkylation sites (N-methyl/N-ethyl adjacent to an activating group) is 1. The number of carbonyl (C=O) groups is 2. The van der Waals surface area contributed by atoms with Crippen molar-refractivity contribution < 1.29 is 19.8 Å². The van der Waals surface area contributed by atoms with Crippen molar-refractivity contribution in [2.45, 2.75) is 50.9 Å². The Labute approximate surface area is 113 Å². The first kappa shape index (κ1) is 15.7. The number of carboxylic acids is 1. The van der Waals surface area contributed by atoms with E-state index >= 15 is 0 Å². The lowest BCUT2D eigenvalue weighted by molar-refractivity contribution is -0.141. The van der Waals surface area contributed by atoms with E-state index in [0.29, 0.717) is 12.6 Å². The Morgan fingerprint density at radius 3 is 2.37 bits per heavy atom. The largest absolute Gasteiger partial charge is 0.480 e. The van der Waals surface area contributed by atoms with Crippen LogP contribution in [-0.2, 0) is 4.79 Å². The first-order valence-corrected chi connectivity index (χ1v) is 6.50. The minimum atomic E-state index is -1.29. The van der Waals surface area contributed by atoms with Crippen LogP contribution in [0.5, 0.6) is 0 Å². The van der Waals surface area contributed by atoms with Gasteiger partial charge in [-0.05, 0) is 33.7 Å². The van der Waals surface area contributed by atoms with Gasteiger partial charge in [0, 0.05) is 18.6 Å². The average molecular weight is 273 g/mol. The van der Waals surface area contributed by atoms with Crippen LogP contribution in [0.4, 0.5) is 4.79 Å². The van der Waals surface area contributed by atoms with Gasteiger partial charge in [-0.25, -0.2) is 9.59 Å². The molecule has 0 saturated heterocycles. The zero-order valence-electron chi connectivity index (χ0n) is 11.6. The van der Waals surface area contributed by atoms with Gasteiger partial charge in [0.1, 0.15) is 0 Å². The molecule has 3 atom stereocenters. The van der Waals surface area contributed by atoms with Crippen LogP contribution in [0, 0.1) is 0 Å². The van der Waals surface area contributed by atoms with Gasteiger partial charge in [0.2, 0.25) is 0 Å². The highest BCUT2D eigenvalue weighted by Gasteiger charge is 2.29. The van der Waals surface area contributed by atoms with Gasteiger partial charge in [-0.15, -0.1) is 0 Å². The molecule has 1 rings (SSSR count). The molecule has 3 unspecified atom stereocenters. The zero-order chi connectivity index (χ0) is 14.6. The molecule has 1 aliphatic rings. The van der Waals surface area contributed by atoms with Gasteiger partial charge in [0.05, 0.1) is 6.10 Å². The molecule has 110 valence electrons. The van der Waals surface area contributed by atoms with E-state index in [0.717, 1.165) is 0 Å². The summed E-state index contributed by atoms with van der Waals surface area (Å²) in [5.41, 5.74) is 0. The van der Waals surface area contributed by atoms with Gasteiger partial charge >= 0.3 is 12.0 Å². The van der Waals surface area contributed by atoms with E-state index in [1.165, 1.54) is 19.8 Å². The second-order valence-electron chi connectivity index (χ2n) is 5.16. The normalized spacial score (nSPS) is 19.6. The maximum absolute atomic E-state index is 11.6. The van der Waals surface area contributed by atoms with E-state index in [2.05, 4.69) is 15.5 Å². The maximum Gasteiger partial charge on any atom is 0.328 e. The number of urea groups is 1. The minimum absolute atomic E-state index is 0.188. The lowest BCUT2D eigenvalue weighted by atomic mass is 10.2. The smallest absolute Gasteiger partial charge is 0.328 e. The fourth-order valence-electron chi connectivity index (χ4n) is 1.81. The predicted octanol–water partition coefficient (Wildman–Crippen LogP) is -0.398. The first-order chi connectivity index (χ1) is 8.82. The Bertz CT molecular complexity index is 331. The topological polar surface area (TPSA) is 102 Å². The third-order valence-electron chi connectivity index (χ3n) is 3.41. The van der Waals surface area contributed by atoms with Crippen molar-refractivity contribution >= 4 is 12.0 Å². The van der Waals surface area contributed by atoms with E-state index in [1.807, 2.05) is 14.0 Å². The maximum atomic E-state index is 11.6. The fourth-order valence-corrected chi connectivity index (χ4v) is 1.81. The van der Waals surface area contributed by atoms with Crippen molar-refractivity contribution in [3.63, 3.8) is 0 Å². The van der Waals surface area contributed by atoms with Gasteiger partial charge in [0.25, 0.3) is 0 Å². The predicted molar refractivity (Wildman–Crippen MR) is 69.9 cm³/mol. The molecule has 0 aromatic rings. The third kappa shape index (κ3) is 5.04. The van der Waals surface area contributed by atoms with Gasteiger partial charge in [-0.3, -0.25) is 4.90 Å². The van der Waals surface area contributed by atoms with Gasteiger partial charge in [-0.1, -0.05) is 0 Å². The summed E-state index contributed by atoms with van der Waals surface area (Å²) in [6.07, 6.45) is 1.24. The van der Waals surface area contributed by atoms with Crippen LogP contribution in [-0.4, -0.2) is 64.9 Å². The van der Waals surface area contributed by atoms with Gasteiger partial charge in [0.15, 0.2) is 6.04 Å². The molecule has 4 N–H and O–H groups in total.